The van der Waals surface area contributed by atoms with Gasteiger partial charge in [-0.1, -0.05) is 19.4 Å². The maximum Gasteiger partial charge on any atom is 0.251 e. The van der Waals surface area contributed by atoms with Gasteiger partial charge in [-0.15, -0.1) is 0 Å². The first-order chi connectivity index (χ1) is 9.74. The summed E-state index contributed by atoms with van der Waals surface area (Å²) in [6.45, 7) is 4.08. The van der Waals surface area contributed by atoms with E-state index in [0.29, 0.717) is 5.41 Å². The van der Waals surface area contributed by atoms with Crippen LogP contribution in [0.1, 0.15) is 54.9 Å². The molecule has 0 saturated heterocycles. The lowest BCUT2D eigenvalue weighted by atomic mass is 9.96. The standard InChI is InChI=1S/C17H24N2O/c1-2-8-17(9-10-17)12-19-16(20)14-5-3-7-15-13(14)6-4-11-18-15/h3,5,7,18H,2,4,6,8-12H2,1H3,(H,19,20). The van der Waals surface area contributed by atoms with Crippen molar-refractivity contribution in [1.29, 1.82) is 0 Å². The van der Waals surface area contributed by atoms with E-state index in [4.69, 9.17) is 0 Å². The molecule has 108 valence electrons. The summed E-state index contributed by atoms with van der Waals surface area (Å²) in [5.41, 5.74) is 3.61. The molecule has 20 heavy (non-hydrogen) atoms. The number of rotatable bonds is 5. The minimum absolute atomic E-state index is 0.105. The van der Waals surface area contributed by atoms with Crippen molar-refractivity contribution in [3.63, 3.8) is 0 Å². The number of amides is 1. The quantitative estimate of drug-likeness (QED) is 0.863. The number of anilines is 1. The van der Waals surface area contributed by atoms with E-state index in [1.807, 2.05) is 12.1 Å². The maximum absolute atomic E-state index is 12.5. The third-order valence-corrected chi connectivity index (χ3v) is 4.70. The van der Waals surface area contributed by atoms with E-state index in [-0.39, 0.29) is 5.91 Å². The molecule has 1 aromatic rings. The van der Waals surface area contributed by atoms with Gasteiger partial charge in [-0.2, -0.15) is 0 Å². The second-order valence-corrected chi connectivity index (χ2v) is 6.29. The summed E-state index contributed by atoms with van der Waals surface area (Å²) in [4.78, 5) is 12.5. The fourth-order valence-electron chi connectivity index (χ4n) is 3.31. The van der Waals surface area contributed by atoms with Crippen molar-refractivity contribution in [3.8, 4) is 0 Å². The average Bonchev–Trinajstić information content (AvgIpc) is 3.25. The van der Waals surface area contributed by atoms with E-state index in [1.165, 1.54) is 31.2 Å². The lowest BCUT2D eigenvalue weighted by Crippen LogP contribution is -2.31. The minimum Gasteiger partial charge on any atom is -0.385 e. The van der Waals surface area contributed by atoms with Crippen LogP contribution in [-0.4, -0.2) is 19.0 Å². The lowest BCUT2D eigenvalue weighted by molar-refractivity contribution is 0.0942. The van der Waals surface area contributed by atoms with Crippen LogP contribution in [-0.2, 0) is 6.42 Å². The number of carbonyl (C=O) groups is 1. The molecule has 0 spiro atoms. The SMILES string of the molecule is CCCC1(CNC(=O)c2cccc3c2CCCN3)CC1. The number of benzene rings is 1. The monoisotopic (exact) mass is 272 g/mol. The first kappa shape index (κ1) is 13.5. The molecule has 0 atom stereocenters. The molecule has 0 unspecified atom stereocenters. The van der Waals surface area contributed by atoms with Gasteiger partial charge in [0.15, 0.2) is 0 Å². The van der Waals surface area contributed by atoms with Gasteiger partial charge in [-0.25, -0.2) is 0 Å². The normalized spacial score (nSPS) is 18.9. The van der Waals surface area contributed by atoms with Crippen LogP contribution in [0.5, 0.6) is 0 Å². The van der Waals surface area contributed by atoms with E-state index >= 15 is 0 Å². The molecule has 1 aliphatic carbocycles. The number of nitrogens with one attached hydrogen (secondary N) is 2. The largest absolute Gasteiger partial charge is 0.385 e. The van der Waals surface area contributed by atoms with Gasteiger partial charge >= 0.3 is 0 Å². The molecule has 1 fully saturated rings. The Kier molecular flexibility index (Phi) is 3.68. The number of carbonyl (C=O) groups excluding carboxylic acids is 1. The van der Waals surface area contributed by atoms with Gasteiger partial charge in [0, 0.05) is 24.3 Å². The highest BCUT2D eigenvalue weighted by Gasteiger charge is 2.41. The highest BCUT2D eigenvalue weighted by molar-refractivity contribution is 5.97. The zero-order valence-corrected chi connectivity index (χ0v) is 12.3. The van der Waals surface area contributed by atoms with E-state index < -0.39 is 0 Å². The molecule has 0 radical (unpaired) electrons. The van der Waals surface area contributed by atoms with E-state index in [2.05, 4.69) is 23.6 Å². The highest BCUT2D eigenvalue weighted by atomic mass is 16.1. The third-order valence-electron chi connectivity index (χ3n) is 4.70. The molecular formula is C17H24N2O. The number of fused-ring (bicyclic) bond motifs is 1. The molecule has 1 aliphatic heterocycles. The molecule has 3 nitrogen and oxygen atoms in total. The van der Waals surface area contributed by atoms with Crippen LogP contribution in [0.3, 0.4) is 0 Å². The molecule has 3 heteroatoms. The Labute approximate surface area is 121 Å². The first-order valence-electron chi connectivity index (χ1n) is 7.88. The van der Waals surface area contributed by atoms with E-state index in [1.54, 1.807) is 0 Å². The summed E-state index contributed by atoms with van der Waals surface area (Å²) in [6.07, 6.45) is 7.11. The lowest BCUT2D eigenvalue weighted by Gasteiger charge is -2.21. The molecule has 1 amide bonds. The predicted molar refractivity (Wildman–Crippen MR) is 82.2 cm³/mol. The van der Waals surface area contributed by atoms with Crippen molar-refractivity contribution in [2.75, 3.05) is 18.4 Å². The van der Waals surface area contributed by atoms with Crippen molar-refractivity contribution in [3.05, 3.63) is 29.3 Å². The third kappa shape index (κ3) is 2.67. The Bertz CT molecular complexity index is 506. The van der Waals surface area contributed by atoms with Gasteiger partial charge in [0.05, 0.1) is 0 Å². The Morgan fingerprint density at radius 1 is 1.40 bits per heavy atom. The Balaban J connectivity index is 1.68. The van der Waals surface area contributed by atoms with Crippen LogP contribution in [0.15, 0.2) is 18.2 Å². The van der Waals surface area contributed by atoms with Gasteiger partial charge in [-0.3, -0.25) is 4.79 Å². The van der Waals surface area contributed by atoms with Crippen molar-refractivity contribution < 1.29 is 4.79 Å². The van der Waals surface area contributed by atoms with Gasteiger partial charge in [-0.05, 0) is 55.2 Å². The molecule has 1 saturated carbocycles. The smallest absolute Gasteiger partial charge is 0.251 e. The van der Waals surface area contributed by atoms with Crippen LogP contribution in [0.2, 0.25) is 0 Å². The Hall–Kier alpha value is -1.51. The predicted octanol–water partition coefficient (Wildman–Crippen LogP) is 3.35. The molecule has 0 aromatic heterocycles. The summed E-state index contributed by atoms with van der Waals surface area (Å²) in [6, 6.07) is 6.01. The highest BCUT2D eigenvalue weighted by Crippen LogP contribution is 2.48. The summed E-state index contributed by atoms with van der Waals surface area (Å²) < 4.78 is 0. The van der Waals surface area contributed by atoms with Crippen molar-refractivity contribution in [1.82, 2.24) is 5.32 Å². The van der Waals surface area contributed by atoms with Crippen LogP contribution < -0.4 is 10.6 Å². The maximum atomic E-state index is 12.5. The van der Waals surface area contributed by atoms with Gasteiger partial charge in [0.25, 0.3) is 5.91 Å². The molecule has 1 aromatic carbocycles. The average molecular weight is 272 g/mol. The minimum atomic E-state index is 0.105. The van der Waals surface area contributed by atoms with Crippen LogP contribution in [0, 0.1) is 5.41 Å². The molecule has 1 heterocycles. The van der Waals surface area contributed by atoms with E-state index in [9.17, 15) is 4.79 Å². The molecule has 0 bridgehead atoms. The number of hydrogen-bond donors (Lipinski definition) is 2. The summed E-state index contributed by atoms with van der Waals surface area (Å²) in [7, 11) is 0. The van der Waals surface area contributed by atoms with Gasteiger partial charge < -0.3 is 10.6 Å². The Morgan fingerprint density at radius 3 is 3.00 bits per heavy atom. The number of hydrogen-bond acceptors (Lipinski definition) is 2. The first-order valence-corrected chi connectivity index (χ1v) is 7.88. The zero-order valence-electron chi connectivity index (χ0n) is 12.3. The van der Waals surface area contributed by atoms with Crippen LogP contribution in [0.4, 0.5) is 5.69 Å². The van der Waals surface area contributed by atoms with Crippen molar-refractivity contribution in [2.24, 2.45) is 5.41 Å². The fraction of sp³-hybridized carbons (Fsp3) is 0.588. The van der Waals surface area contributed by atoms with E-state index in [0.717, 1.165) is 37.2 Å². The molecule has 2 aliphatic rings. The van der Waals surface area contributed by atoms with Gasteiger partial charge in [0.2, 0.25) is 0 Å². The second kappa shape index (κ2) is 5.47. The summed E-state index contributed by atoms with van der Waals surface area (Å²) in [5.74, 6) is 0.105. The molecule has 3 rings (SSSR count). The fourth-order valence-corrected chi connectivity index (χ4v) is 3.31. The second-order valence-electron chi connectivity index (χ2n) is 6.29. The molecular weight excluding hydrogens is 248 g/mol. The van der Waals surface area contributed by atoms with Gasteiger partial charge in [0.1, 0.15) is 0 Å². The van der Waals surface area contributed by atoms with Crippen LogP contribution in [0.25, 0.3) is 0 Å². The topological polar surface area (TPSA) is 41.1 Å². The van der Waals surface area contributed by atoms with Crippen molar-refractivity contribution in [2.45, 2.75) is 45.4 Å². The summed E-state index contributed by atoms with van der Waals surface area (Å²) >= 11 is 0. The summed E-state index contributed by atoms with van der Waals surface area (Å²) in [5, 5.41) is 6.55. The van der Waals surface area contributed by atoms with Crippen LogP contribution >= 0.6 is 0 Å². The zero-order chi connectivity index (χ0) is 14.0. The Morgan fingerprint density at radius 2 is 2.25 bits per heavy atom. The van der Waals surface area contributed by atoms with Crippen molar-refractivity contribution >= 4 is 11.6 Å². The molecule has 2 N–H and O–H groups in total.